The van der Waals surface area contributed by atoms with Gasteiger partial charge in [0.2, 0.25) is 5.91 Å². The van der Waals surface area contributed by atoms with Gasteiger partial charge in [-0.05, 0) is 58.7 Å². The van der Waals surface area contributed by atoms with Crippen molar-refractivity contribution in [2.75, 3.05) is 19.7 Å². The number of hydrogen-bond donors (Lipinski definition) is 0. The van der Waals surface area contributed by atoms with Gasteiger partial charge in [0.05, 0.1) is 28.7 Å². The van der Waals surface area contributed by atoms with E-state index in [0.29, 0.717) is 53.6 Å². The number of amides is 1. The summed E-state index contributed by atoms with van der Waals surface area (Å²) in [6, 6.07) is 4.92. The van der Waals surface area contributed by atoms with Crippen LogP contribution in [0.15, 0.2) is 28.2 Å². The minimum atomic E-state index is -0.423. The first-order valence-electron chi connectivity index (χ1n) is 10.6. The average Bonchev–Trinajstić information content (AvgIpc) is 2.73. The highest BCUT2D eigenvalue weighted by atomic mass is 35.5. The Bertz CT molecular complexity index is 1030. The number of halogens is 1. The molecule has 0 bridgehead atoms. The van der Waals surface area contributed by atoms with Crippen LogP contribution in [0.3, 0.4) is 0 Å². The number of rotatable bonds is 6. The topological polar surface area (TPSA) is 81.5 Å². The summed E-state index contributed by atoms with van der Waals surface area (Å²) >= 11 is 7.36. The van der Waals surface area contributed by atoms with Gasteiger partial charge in [0.1, 0.15) is 0 Å². The number of benzene rings is 1. The largest absolute Gasteiger partial charge is 0.466 e. The Balaban J connectivity index is 1.77. The number of hydrogen-bond acceptors (Lipinski definition) is 6. The van der Waals surface area contributed by atoms with Gasteiger partial charge in [0, 0.05) is 24.2 Å². The number of piperidine rings is 1. The molecule has 9 heteroatoms. The third-order valence-corrected chi connectivity index (χ3v) is 6.69. The standard InChI is InChI=1S/C22H28ClN3O4S/c1-5-30-21(29)15-8-10-25(11-9-15)19(27)14(4)31-22-24-18-12-16(23)6-7-17(18)20(28)26(22)13(2)3/h6-7,12-15H,5,8-11H2,1-4H3/t14-/m0/s1. The Labute approximate surface area is 191 Å². The maximum atomic E-state index is 13.0. The van der Waals surface area contributed by atoms with E-state index in [1.165, 1.54) is 11.8 Å². The molecule has 1 atom stereocenters. The molecular formula is C22H28ClN3O4S. The summed E-state index contributed by atoms with van der Waals surface area (Å²) in [4.78, 5) is 44.4. The average molecular weight is 466 g/mol. The van der Waals surface area contributed by atoms with Crippen LogP contribution in [0.2, 0.25) is 5.02 Å². The zero-order valence-corrected chi connectivity index (χ0v) is 19.8. The Morgan fingerprint density at radius 3 is 2.55 bits per heavy atom. The molecule has 1 aromatic carbocycles. The first-order valence-corrected chi connectivity index (χ1v) is 11.8. The van der Waals surface area contributed by atoms with E-state index in [1.54, 1.807) is 34.6 Å². The summed E-state index contributed by atoms with van der Waals surface area (Å²) in [5.74, 6) is -0.356. The number of nitrogens with zero attached hydrogens (tertiary/aromatic N) is 3. The first-order chi connectivity index (χ1) is 14.7. The van der Waals surface area contributed by atoms with E-state index in [0.717, 1.165) is 0 Å². The molecule has 1 aliphatic heterocycles. The van der Waals surface area contributed by atoms with E-state index in [1.807, 2.05) is 20.8 Å². The second-order valence-corrected chi connectivity index (χ2v) is 9.68. The fraction of sp³-hybridized carbons (Fsp3) is 0.545. The lowest BCUT2D eigenvalue weighted by Gasteiger charge is -2.32. The van der Waals surface area contributed by atoms with Crippen molar-refractivity contribution < 1.29 is 14.3 Å². The maximum Gasteiger partial charge on any atom is 0.309 e. The van der Waals surface area contributed by atoms with Gasteiger partial charge < -0.3 is 9.64 Å². The predicted octanol–water partition coefficient (Wildman–Crippen LogP) is 3.91. The fourth-order valence-electron chi connectivity index (χ4n) is 3.75. The molecule has 0 saturated carbocycles. The van der Waals surface area contributed by atoms with Crippen molar-refractivity contribution >= 4 is 46.1 Å². The zero-order chi connectivity index (χ0) is 22.7. The van der Waals surface area contributed by atoms with Crippen molar-refractivity contribution in [2.45, 2.75) is 57.0 Å². The number of esters is 1. The van der Waals surface area contributed by atoms with Crippen molar-refractivity contribution in [1.29, 1.82) is 0 Å². The van der Waals surface area contributed by atoms with Gasteiger partial charge in [0.15, 0.2) is 5.16 Å². The molecule has 3 rings (SSSR count). The highest BCUT2D eigenvalue weighted by Gasteiger charge is 2.31. The van der Waals surface area contributed by atoms with Crippen LogP contribution in [0.4, 0.5) is 0 Å². The number of thioether (sulfide) groups is 1. The van der Waals surface area contributed by atoms with Crippen molar-refractivity contribution in [2.24, 2.45) is 5.92 Å². The van der Waals surface area contributed by atoms with Gasteiger partial charge in [-0.1, -0.05) is 23.4 Å². The molecule has 168 valence electrons. The first kappa shape index (κ1) is 23.6. The van der Waals surface area contributed by atoms with Crippen LogP contribution in [-0.2, 0) is 14.3 Å². The molecule has 0 aliphatic carbocycles. The van der Waals surface area contributed by atoms with E-state index in [2.05, 4.69) is 4.98 Å². The highest BCUT2D eigenvalue weighted by molar-refractivity contribution is 8.00. The number of carbonyl (C=O) groups excluding carboxylic acids is 2. The van der Waals surface area contributed by atoms with Crippen LogP contribution >= 0.6 is 23.4 Å². The molecule has 0 radical (unpaired) electrons. The Morgan fingerprint density at radius 1 is 1.26 bits per heavy atom. The van der Waals surface area contributed by atoms with Crippen LogP contribution in [-0.4, -0.2) is 51.3 Å². The van der Waals surface area contributed by atoms with Gasteiger partial charge in [-0.25, -0.2) is 4.98 Å². The summed E-state index contributed by atoms with van der Waals surface area (Å²) in [5, 5.41) is 1.08. The minimum Gasteiger partial charge on any atom is -0.466 e. The zero-order valence-electron chi connectivity index (χ0n) is 18.3. The van der Waals surface area contributed by atoms with E-state index in [9.17, 15) is 14.4 Å². The monoisotopic (exact) mass is 465 g/mol. The number of ether oxygens (including phenoxy) is 1. The van der Waals surface area contributed by atoms with Crippen molar-refractivity contribution in [3.05, 3.63) is 33.6 Å². The number of likely N-dealkylation sites (tertiary alicyclic amines) is 1. The number of carbonyl (C=O) groups is 2. The second kappa shape index (κ2) is 10.0. The maximum absolute atomic E-state index is 13.0. The van der Waals surface area contributed by atoms with E-state index < -0.39 is 5.25 Å². The molecular weight excluding hydrogens is 438 g/mol. The Hall–Kier alpha value is -2.06. The summed E-state index contributed by atoms with van der Waals surface area (Å²) in [6.45, 7) is 8.86. The Kier molecular flexibility index (Phi) is 7.64. The second-order valence-electron chi connectivity index (χ2n) is 7.94. The Morgan fingerprint density at radius 2 is 1.94 bits per heavy atom. The van der Waals surface area contributed by atoms with Gasteiger partial charge in [-0.2, -0.15) is 0 Å². The van der Waals surface area contributed by atoms with Gasteiger partial charge in [-0.3, -0.25) is 19.0 Å². The van der Waals surface area contributed by atoms with Crippen LogP contribution in [0.1, 0.15) is 46.6 Å². The molecule has 2 heterocycles. The quantitative estimate of drug-likeness (QED) is 0.365. The molecule has 2 aromatic rings. The van der Waals surface area contributed by atoms with Crippen LogP contribution in [0.5, 0.6) is 0 Å². The summed E-state index contributed by atoms with van der Waals surface area (Å²) in [7, 11) is 0. The van der Waals surface area contributed by atoms with Crippen LogP contribution in [0, 0.1) is 5.92 Å². The molecule has 1 saturated heterocycles. The fourth-order valence-corrected chi connectivity index (χ4v) is 5.04. The van der Waals surface area contributed by atoms with Crippen LogP contribution in [0.25, 0.3) is 10.9 Å². The molecule has 0 unspecified atom stereocenters. The summed E-state index contributed by atoms with van der Waals surface area (Å²) in [5.41, 5.74) is 0.376. The number of aromatic nitrogens is 2. The van der Waals surface area contributed by atoms with Gasteiger partial charge in [-0.15, -0.1) is 0 Å². The van der Waals surface area contributed by atoms with Gasteiger partial charge in [0.25, 0.3) is 5.56 Å². The van der Waals surface area contributed by atoms with E-state index in [-0.39, 0.29) is 29.4 Å². The molecule has 1 aromatic heterocycles. The van der Waals surface area contributed by atoms with Crippen LogP contribution < -0.4 is 5.56 Å². The van der Waals surface area contributed by atoms with Crippen molar-refractivity contribution in [3.63, 3.8) is 0 Å². The molecule has 0 spiro atoms. The third kappa shape index (κ3) is 5.23. The molecule has 1 amide bonds. The van der Waals surface area contributed by atoms with E-state index >= 15 is 0 Å². The lowest BCUT2D eigenvalue weighted by molar-refractivity contribution is -0.151. The van der Waals surface area contributed by atoms with E-state index in [4.69, 9.17) is 16.3 Å². The highest BCUT2D eigenvalue weighted by Crippen LogP contribution is 2.28. The third-order valence-electron chi connectivity index (χ3n) is 5.40. The predicted molar refractivity (Wildman–Crippen MR) is 123 cm³/mol. The molecule has 7 nitrogen and oxygen atoms in total. The lowest BCUT2D eigenvalue weighted by Crippen LogP contribution is -2.43. The SMILES string of the molecule is CCOC(=O)C1CCN(C(=O)[C@H](C)Sc2nc3cc(Cl)ccc3c(=O)n2C(C)C)CC1. The number of fused-ring (bicyclic) bond motifs is 1. The summed E-state index contributed by atoms with van der Waals surface area (Å²) < 4.78 is 6.72. The molecule has 31 heavy (non-hydrogen) atoms. The molecule has 1 aliphatic rings. The van der Waals surface area contributed by atoms with Crippen molar-refractivity contribution in [3.8, 4) is 0 Å². The smallest absolute Gasteiger partial charge is 0.309 e. The van der Waals surface area contributed by atoms with Gasteiger partial charge >= 0.3 is 5.97 Å². The minimum absolute atomic E-state index is 0.0249. The summed E-state index contributed by atoms with van der Waals surface area (Å²) in [6.07, 6.45) is 1.21. The normalized spacial score (nSPS) is 16.0. The molecule has 1 fully saturated rings. The molecule has 0 N–H and O–H groups in total. The lowest BCUT2D eigenvalue weighted by atomic mass is 9.97. The van der Waals surface area contributed by atoms with Crippen molar-refractivity contribution in [1.82, 2.24) is 14.5 Å².